The fourth-order valence-corrected chi connectivity index (χ4v) is 2.05. The molecule has 0 amide bonds. The molecule has 0 saturated carbocycles. The molecular formula is C12H15ClN2O4. The quantitative estimate of drug-likeness (QED) is 0.615. The smallest absolute Gasteiger partial charge is 0.317 e. The number of halogens is 1. The Labute approximate surface area is 115 Å². The van der Waals surface area contributed by atoms with Crippen LogP contribution in [0.15, 0.2) is 18.2 Å². The highest BCUT2D eigenvalue weighted by molar-refractivity contribution is 6.31. The summed E-state index contributed by atoms with van der Waals surface area (Å²) in [6.45, 7) is 2.43. The Morgan fingerprint density at radius 2 is 2.21 bits per heavy atom. The van der Waals surface area contributed by atoms with Crippen LogP contribution in [0.4, 0.5) is 5.69 Å². The molecule has 1 aromatic rings. The van der Waals surface area contributed by atoms with Crippen molar-refractivity contribution in [2.75, 3.05) is 13.1 Å². The van der Waals surface area contributed by atoms with Gasteiger partial charge in [-0.1, -0.05) is 24.6 Å². The van der Waals surface area contributed by atoms with Gasteiger partial charge in [-0.2, -0.15) is 0 Å². The second kappa shape index (κ2) is 7.06. The second-order valence-electron chi connectivity index (χ2n) is 4.10. The van der Waals surface area contributed by atoms with Crippen LogP contribution in [0.1, 0.15) is 18.9 Å². The molecule has 104 valence electrons. The number of hydrogen-bond donors (Lipinski definition) is 1. The molecule has 0 fully saturated rings. The summed E-state index contributed by atoms with van der Waals surface area (Å²) < 4.78 is 0. The molecule has 0 bridgehead atoms. The zero-order valence-corrected chi connectivity index (χ0v) is 11.3. The first-order valence-electron chi connectivity index (χ1n) is 5.81. The molecule has 0 aliphatic carbocycles. The first-order chi connectivity index (χ1) is 8.95. The van der Waals surface area contributed by atoms with Crippen LogP contribution in [0.2, 0.25) is 5.02 Å². The maximum Gasteiger partial charge on any atom is 0.317 e. The topological polar surface area (TPSA) is 83.7 Å². The molecule has 1 rings (SSSR count). The van der Waals surface area contributed by atoms with E-state index in [4.69, 9.17) is 16.7 Å². The van der Waals surface area contributed by atoms with Crippen LogP contribution in [0.3, 0.4) is 0 Å². The van der Waals surface area contributed by atoms with Gasteiger partial charge in [-0.3, -0.25) is 19.8 Å². The van der Waals surface area contributed by atoms with Crippen LogP contribution in [0.5, 0.6) is 0 Å². The number of hydrogen-bond acceptors (Lipinski definition) is 4. The van der Waals surface area contributed by atoms with Gasteiger partial charge in [0.1, 0.15) is 0 Å². The summed E-state index contributed by atoms with van der Waals surface area (Å²) in [5.74, 6) is -0.969. The average molecular weight is 287 g/mol. The Bertz CT molecular complexity index is 479. The SMILES string of the molecule is CCCN(CC(=O)O)Cc1c(Cl)cccc1[N+](=O)[O-]. The van der Waals surface area contributed by atoms with E-state index in [0.717, 1.165) is 6.42 Å². The average Bonchev–Trinajstić information content (AvgIpc) is 2.30. The number of aliphatic carboxylic acids is 1. The lowest BCUT2D eigenvalue weighted by Gasteiger charge is -2.19. The number of nitro groups is 1. The zero-order valence-electron chi connectivity index (χ0n) is 10.5. The zero-order chi connectivity index (χ0) is 14.4. The van der Waals surface area contributed by atoms with E-state index in [1.165, 1.54) is 12.1 Å². The molecule has 0 atom stereocenters. The monoisotopic (exact) mass is 286 g/mol. The highest BCUT2D eigenvalue weighted by Crippen LogP contribution is 2.27. The van der Waals surface area contributed by atoms with E-state index in [1.54, 1.807) is 11.0 Å². The van der Waals surface area contributed by atoms with Crippen LogP contribution in [0.25, 0.3) is 0 Å². The van der Waals surface area contributed by atoms with Gasteiger partial charge in [-0.25, -0.2) is 0 Å². The first-order valence-corrected chi connectivity index (χ1v) is 6.19. The number of benzene rings is 1. The van der Waals surface area contributed by atoms with E-state index >= 15 is 0 Å². The number of nitro benzene ring substituents is 1. The summed E-state index contributed by atoms with van der Waals surface area (Å²) in [5.41, 5.74) is 0.267. The Morgan fingerprint density at radius 3 is 2.74 bits per heavy atom. The highest BCUT2D eigenvalue weighted by Gasteiger charge is 2.20. The molecule has 0 spiro atoms. The van der Waals surface area contributed by atoms with Crippen LogP contribution < -0.4 is 0 Å². The number of carboxylic acids is 1. The lowest BCUT2D eigenvalue weighted by molar-refractivity contribution is -0.385. The fourth-order valence-electron chi connectivity index (χ4n) is 1.82. The molecule has 6 nitrogen and oxygen atoms in total. The van der Waals surface area contributed by atoms with Gasteiger partial charge in [0.05, 0.1) is 22.1 Å². The molecule has 0 unspecified atom stereocenters. The van der Waals surface area contributed by atoms with Crippen LogP contribution in [0, 0.1) is 10.1 Å². The van der Waals surface area contributed by atoms with Gasteiger partial charge in [0.15, 0.2) is 0 Å². The molecule has 1 N–H and O–H groups in total. The van der Waals surface area contributed by atoms with Crippen molar-refractivity contribution in [1.29, 1.82) is 0 Å². The molecule has 0 saturated heterocycles. The largest absolute Gasteiger partial charge is 0.480 e. The molecule has 0 heterocycles. The molecule has 19 heavy (non-hydrogen) atoms. The molecule has 7 heteroatoms. The summed E-state index contributed by atoms with van der Waals surface area (Å²) in [6, 6.07) is 4.44. The minimum absolute atomic E-state index is 0.0843. The van der Waals surface area contributed by atoms with E-state index in [-0.39, 0.29) is 23.8 Å². The van der Waals surface area contributed by atoms with Gasteiger partial charge in [-0.15, -0.1) is 0 Å². The van der Waals surface area contributed by atoms with E-state index in [1.807, 2.05) is 6.92 Å². The van der Waals surface area contributed by atoms with E-state index in [0.29, 0.717) is 12.1 Å². The second-order valence-corrected chi connectivity index (χ2v) is 4.51. The van der Waals surface area contributed by atoms with E-state index in [2.05, 4.69) is 0 Å². The van der Waals surface area contributed by atoms with Crippen molar-refractivity contribution in [1.82, 2.24) is 4.90 Å². The van der Waals surface area contributed by atoms with Gasteiger partial charge in [0.2, 0.25) is 0 Å². The number of rotatable bonds is 7. The lowest BCUT2D eigenvalue weighted by atomic mass is 10.1. The van der Waals surface area contributed by atoms with Crippen molar-refractivity contribution < 1.29 is 14.8 Å². The predicted octanol–water partition coefficient (Wildman–Crippen LogP) is 2.54. The number of nitrogens with zero attached hydrogens (tertiary/aromatic N) is 2. The Balaban J connectivity index is 3.00. The van der Waals surface area contributed by atoms with Crippen LogP contribution in [-0.2, 0) is 11.3 Å². The van der Waals surface area contributed by atoms with Gasteiger partial charge < -0.3 is 5.11 Å². The van der Waals surface area contributed by atoms with Crippen LogP contribution >= 0.6 is 11.6 Å². The third-order valence-corrected chi connectivity index (χ3v) is 2.93. The third-order valence-electron chi connectivity index (χ3n) is 2.57. The molecule has 0 aliphatic rings. The Kier molecular flexibility index (Phi) is 5.72. The lowest BCUT2D eigenvalue weighted by Crippen LogP contribution is -2.30. The Hall–Kier alpha value is -1.66. The predicted molar refractivity (Wildman–Crippen MR) is 71.3 cm³/mol. The van der Waals surface area contributed by atoms with Gasteiger partial charge in [0.25, 0.3) is 5.69 Å². The summed E-state index contributed by atoms with van der Waals surface area (Å²) in [7, 11) is 0. The van der Waals surface area contributed by atoms with Crippen molar-refractivity contribution in [3.05, 3.63) is 38.9 Å². The van der Waals surface area contributed by atoms with Gasteiger partial charge in [0, 0.05) is 12.6 Å². The summed E-state index contributed by atoms with van der Waals surface area (Å²) in [5, 5.41) is 20.1. The van der Waals surface area contributed by atoms with E-state index in [9.17, 15) is 14.9 Å². The number of carboxylic acid groups (broad SMARTS) is 1. The molecule has 1 aromatic carbocycles. The van der Waals surface area contributed by atoms with Crippen molar-refractivity contribution in [2.45, 2.75) is 19.9 Å². The fraction of sp³-hybridized carbons (Fsp3) is 0.417. The summed E-state index contributed by atoms with van der Waals surface area (Å²) in [6.07, 6.45) is 0.755. The maximum atomic E-state index is 10.9. The maximum absolute atomic E-state index is 10.9. The molecule has 0 aromatic heterocycles. The molecular weight excluding hydrogens is 272 g/mol. The van der Waals surface area contributed by atoms with Crippen molar-refractivity contribution in [3.63, 3.8) is 0 Å². The first kappa shape index (κ1) is 15.4. The van der Waals surface area contributed by atoms with Gasteiger partial charge in [-0.05, 0) is 19.0 Å². The third kappa shape index (κ3) is 4.50. The van der Waals surface area contributed by atoms with Crippen LogP contribution in [-0.4, -0.2) is 34.0 Å². The van der Waals surface area contributed by atoms with Crippen molar-refractivity contribution >= 4 is 23.3 Å². The summed E-state index contributed by atoms with van der Waals surface area (Å²) >= 11 is 5.98. The minimum Gasteiger partial charge on any atom is -0.480 e. The normalized spacial score (nSPS) is 10.7. The van der Waals surface area contributed by atoms with Crippen molar-refractivity contribution in [3.8, 4) is 0 Å². The van der Waals surface area contributed by atoms with E-state index < -0.39 is 10.9 Å². The standard InChI is InChI=1S/C12H15ClN2O4/c1-2-6-14(8-12(16)17)7-9-10(13)4-3-5-11(9)15(18)19/h3-5H,2,6-8H2,1H3,(H,16,17). The highest BCUT2D eigenvalue weighted by atomic mass is 35.5. The number of carbonyl (C=O) groups is 1. The van der Waals surface area contributed by atoms with Gasteiger partial charge >= 0.3 is 5.97 Å². The van der Waals surface area contributed by atoms with Crippen molar-refractivity contribution in [2.24, 2.45) is 0 Å². The Morgan fingerprint density at radius 1 is 1.53 bits per heavy atom. The molecule has 0 aliphatic heterocycles. The minimum atomic E-state index is -0.969. The molecule has 0 radical (unpaired) electrons. The summed E-state index contributed by atoms with van der Waals surface area (Å²) in [4.78, 5) is 22.8.